The van der Waals surface area contributed by atoms with Crippen LogP contribution in [0.1, 0.15) is 24.6 Å². The fraction of sp³-hybridized carbons (Fsp3) is 0.318. The monoisotopic (exact) mass is 426 g/mol. The number of halogens is 1. The van der Waals surface area contributed by atoms with Crippen LogP contribution in [0.4, 0.5) is 4.39 Å². The van der Waals surface area contributed by atoms with Crippen molar-refractivity contribution in [2.75, 3.05) is 18.8 Å². The number of hydrogen-bond acceptors (Lipinski definition) is 4. The second-order valence-electron chi connectivity index (χ2n) is 7.36. The van der Waals surface area contributed by atoms with Crippen molar-refractivity contribution in [3.05, 3.63) is 76.7 Å². The number of piperidine rings is 1. The molecule has 6 nitrogen and oxygen atoms in total. The third-order valence-electron chi connectivity index (χ3n) is 5.28. The number of hydrogen-bond donors (Lipinski definition) is 0. The van der Waals surface area contributed by atoms with E-state index in [0.29, 0.717) is 24.7 Å². The van der Waals surface area contributed by atoms with Gasteiger partial charge in [0.15, 0.2) is 0 Å². The summed E-state index contributed by atoms with van der Waals surface area (Å²) < 4.78 is 16.0. The minimum absolute atomic E-state index is 0.00683. The van der Waals surface area contributed by atoms with E-state index in [1.54, 1.807) is 23.7 Å². The molecule has 1 saturated heterocycles. The quantitative estimate of drug-likeness (QED) is 0.588. The van der Waals surface area contributed by atoms with E-state index in [-0.39, 0.29) is 23.3 Å². The van der Waals surface area contributed by atoms with Gasteiger partial charge in [-0.3, -0.25) is 4.79 Å². The first-order valence-electron chi connectivity index (χ1n) is 9.90. The van der Waals surface area contributed by atoms with Crippen molar-refractivity contribution < 1.29 is 9.18 Å². The van der Waals surface area contributed by atoms with Crippen LogP contribution in [-0.2, 0) is 11.8 Å². The molecule has 0 saturated carbocycles. The number of aromatic nitrogens is 3. The standard InChI is InChI=1S/C22H23FN4O2S/c1-25-22(29)27(18-7-3-2-4-8-18)21(24-25)16-6-5-13-26(14-16)20(28)15-30-19-11-9-17(23)10-12-19/h2-4,7-12,16H,5-6,13-15H2,1H3/t16-/m0/s1. The average Bonchev–Trinajstić information content (AvgIpc) is 3.08. The molecule has 1 aromatic heterocycles. The highest BCUT2D eigenvalue weighted by Crippen LogP contribution is 2.27. The summed E-state index contributed by atoms with van der Waals surface area (Å²) >= 11 is 1.40. The maximum absolute atomic E-state index is 13.0. The summed E-state index contributed by atoms with van der Waals surface area (Å²) in [4.78, 5) is 28.2. The van der Waals surface area contributed by atoms with Crippen LogP contribution in [0.15, 0.2) is 64.3 Å². The minimum atomic E-state index is -0.288. The van der Waals surface area contributed by atoms with Crippen LogP contribution in [0.25, 0.3) is 5.69 Å². The van der Waals surface area contributed by atoms with Gasteiger partial charge in [0.2, 0.25) is 5.91 Å². The van der Waals surface area contributed by atoms with Crippen molar-refractivity contribution in [1.82, 2.24) is 19.2 Å². The highest BCUT2D eigenvalue weighted by atomic mass is 32.2. The molecule has 4 rings (SSSR count). The van der Waals surface area contributed by atoms with Gasteiger partial charge in [-0.15, -0.1) is 11.8 Å². The molecular formula is C22H23FN4O2S. The van der Waals surface area contributed by atoms with E-state index in [2.05, 4.69) is 5.10 Å². The molecule has 0 spiro atoms. The van der Waals surface area contributed by atoms with Gasteiger partial charge in [0, 0.05) is 31.0 Å². The molecule has 2 heterocycles. The van der Waals surface area contributed by atoms with Gasteiger partial charge in [0.25, 0.3) is 0 Å². The Morgan fingerprint density at radius 2 is 1.90 bits per heavy atom. The number of carbonyl (C=O) groups is 1. The summed E-state index contributed by atoms with van der Waals surface area (Å²) in [6.45, 7) is 1.23. The second-order valence-corrected chi connectivity index (χ2v) is 8.41. The molecule has 1 amide bonds. The normalized spacial score (nSPS) is 16.6. The first-order valence-corrected chi connectivity index (χ1v) is 10.9. The van der Waals surface area contributed by atoms with Crippen LogP contribution < -0.4 is 5.69 Å². The van der Waals surface area contributed by atoms with Crippen molar-refractivity contribution in [2.45, 2.75) is 23.7 Å². The lowest BCUT2D eigenvalue weighted by molar-refractivity contribution is -0.129. The summed E-state index contributed by atoms with van der Waals surface area (Å²) in [6, 6.07) is 15.6. The number of aryl methyl sites for hydroxylation is 1. The molecule has 3 aromatic rings. The van der Waals surface area contributed by atoms with Gasteiger partial charge in [0.1, 0.15) is 11.6 Å². The van der Waals surface area contributed by atoms with Gasteiger partial charge in [-0.1, -0.05) is 18.2 Å². The van der Waals surface area contributed by atoms with Gasteiger partial charge >= 0.3 is 5.69 Å². The molecule has 8 heteroatoms. The first kappa shape index (κ1) is 20.4. The van der Waals surface area contributed by atoms with E-state index in [1.807, 2.05) is 35.2 Å². The van der Waals surface area contributed by atoms with Crippen molar-refractivity contribution in [1.29, 1.82) is 0 Å². The number of carbonyl (C=O) groups excluding carboxylic acids is 1. The maximum Gasteiger partial charge on any atom is 0.350 e. The Balaban J connectivity index is 1.49. The number of para-hydroxylation sites is 1. The fourth-order valence-corrected chi connectivity index (χ4v) is 4.55. The number of rotatable bonds is 5. The molecule has 0 aliphatic carbocycles. The molecule has 0 N–H and O–H groups in total. The Hall–Kier alpha value is -2.87. The second kappa shape index (κ2) is 8.87. The molecule has 2 aromatic carbocycles. The summed E-state index contributed by atoms with van der Waals surface area (Å²) in [5.41, 5.74) is 0.590. The van der Waals surface area contributed by atoms with Crippen LogP contribution >= 0.6 is 11.8 Å². The molecule has 0 unspecified atom stereocenters. The van der Waals surface area contributed by atoms with Gasteiger partial charge in [-0.25, -0.2) is 18.4 Å². The molecule has 1 atom stereocenters. The highest BCUT2D eigenvalue weighted by Gasteiger charge is 2.29. The topological polar surface area (TPSA) is 60.1 Å². The lowest BCUT2D eigenvalue weighted by Gasteiger charge is -2.32. The smallest absolute Gasteiger partial charge is 0.341 e. The van der Waals surface area contributed by atoms with Gasteiger partial charge in [-0.2, -0.15) is 5.10 Å². The largest absolute Gasteiger partial charge is 0.350 e. The Kier molecular flexibility index (Phi) is 6.03. The predicted octanol–water partition coefficient (Wildman–Crippen LogP) is 3.21. The van der Waals surface area contributed by atoms with E-state index in [1.165, 1.54) is 28.6 Å². The molecule has 0 bridgehead atoms. The molecule has 1 fully saturated rings. The third kappa shape index (κ3) is 4.33. The Morgan fingerprint density at radius 1 is 1.17 bits per heavy atom. The molecule has 0 radical (unpaired) electrons. The molecule has 1 aliphatic rings. The Bertz CT molecular complexity index is 1080. The van der Waals surface area contributed by atoms with Gasteiger partial charge in [-0.05, 0) is 49.2 Å². The van der Waals surface area contributed by atoms with E-state index < -0.39 is 0 Å². The lowest BCUT2D eigenvalue weighted by Crippen LogP contribution is -2.40. The zero-order valence-electron chi connectivity index (χ0n) is 16.7. The van der Waals surface area contributed by atoms with E-state index in [0.717, 1.165) is 23.4 Å². The van der Waals surface area contributed by atoms with Crippen LogP contribution in [0.3, 0.4) is 0 Å². The third-order valence-corrected chi connectivity index (χ3v) is 6.28. The molecule has 1 aliphatic heterocycles. The average molecular weight is 427 g/mol. The van der Waals surface area contributed by atoms with Crippen LogP contribution in [0, 0.1) is 5.82 Å². The van der Waals surface area contributed by atoms with Crippen LogP contribution in [0.2, 0.25) is 0 Å². The zero-order valence-corrected chi connectivity index (χ0v) is 17.5. The minimum Gasteiger partial charge on any atom is -0.341 e. The Labute approximate surface area is 178 Å². The first-order chi connectivity index (χ1) is 14.5. The van der Waals surface area contributed by atoms with Crippen molar-refractivity contribution >= 4 is 17.7 Å². The van der Waals surface area contributed by atoms with E-state index in [9.17, 15) is 14.0 Å². The van der Waals surface area contributed by atoms with Crippen LogP contribution in [0.5, 0.6) is 0 Å². The summed E-state index contributed by atoms with van der Waals surface area (Å²) in [5.74, 6) is 0.736. The van der Waals surface area contributed by atoms with E-state index >= 15 is 0 Å². The summed E-state index contributed by atoms with van der Waals surface area (Å²) in [6.07, 6.45) is 1.73. The predicted molar refractivity (Wildman–Crippen MR) is 114 cm³/mol. The van der Waals surface area contributed by atoms with Gasteiger partial charge < -0.3 is 4.90 Å². The molecular weight excluding hydrogens is 403 g/mol. The number of amides is 1. The van der Waals surface area contributed by atoms with Crippen LogP contribution in [-0.4, -0.2) is 44.0 Å². The molecule has 30 heavy (non-hydrogen) atoms. The fourth-order valence-electron chi connectivity index (χ4n) is 3.75. The molecule has 156 valence electrons. The lowest BCUT2D eigenvalue weighted by atomic mass is 9.97. The van der Waals surface area contributed by atoms with Crippen molar-refractivity contribution in [2.24, 2.45) is 7.05 Å². The number of benzene rings is 2. The summed E-state index contributed by atoms with van der Waals surface area (Å²) in [5, 5.41) is 4.49. The number of likely N-dealkylation sites (tertiary alicyclic amines) is 1. The van der Waals surface area contributed by atoms with E-state index in [4.69, 9.17) is 0 Å². The van der Waals surface area contributed by atoms with Gasteiger partial charge in [0.05, 0.1) is 11.4 Å². The SMILES string of the molecule is Cn1nc([C@H]2CCCN(C(=O)CSc3ccc(F)cc3)C2)n(-c2ccccc2)c1=O. The maximum atomic E-state index is 13.0. The summed E-state index contributed by atoms with van der Waals surface area (Å²) in [7, 11) is 1.65. The number of nitrogens with zero attached hydrogens (tertiary/aromatic N) is 4. The Morgan fingerprint density at radius 3 is 2.63 bits per heavy atom. The van der Waals surface area contributed by atoms with Crippen molar-refractivity contribution in [3.63, 3.8) is 0 Å². The van der Waals surface area contributed by atoms with Crippen molar-refractivity contribution in [3.8, 4) is 5.69 Å². The zero-order chi connectivity index (χ0) is 21.1. The number of thioether (sulfide) groups is 1. The highest BCUT2D eigenvalue weighted by molar-refractivity contribution is 8.00.